The number of aliphatic hydroxyl groups is 1. The molecule has 0 spiro atoms. The Kier molecular flexibility index (Phi) is 3.87. The standard InChI is InChI=1S/C14H14BrN3OS/c1-2-4-18-13(10(15)8-17-18)14(19)9-6-12-11(16-7-9)3-5-20-12/h3,5-8,14,19H,2,4H2,1H3. The zero-order valence-electron chi connectivity index (χ0n) is 11.0. The summed E-state index contributed by atoms with van der Waals surface area (Å²) < 4.78 is 3.75. The summed E-state index contributed by atoms with van der Waals surface area (Å²) in [4.78, 5) is 4.38. The van der Waals surface area contributed by atoms with Crippen molar-refractivity contribution >= 4 is 37.5 Å². The van der Waals surface area contributed by atoms with Crippen LogP contribution in [0.1, 0.15) is 30.7 Å². The summed E-state index contributed by atoms with van der Waals surface area (Å²) >= 11 is 5.09. The van der Waals surface area contributed by atoms with Crippen molar-refractivity contribution in [3.63, 3.8) is 0 Å². The van der Waals surface area contributed by atoms with Crippen molar-refractivity contribution in [3.8, 4) is 0 Å². The minimum Gasteiger partial charge on any atom is -0.382 e. The van der Waals surface area contributed by atoms with Crippen LogP contribution in [0.25, 0.3) is 10.2 Å². The van der Waals surface area contributed by atoms with Crippen molar-refractivity contribution in [3.05, 3.63) is 45.6 Å². The Balaban J connectivity index is 2.02. The lowest BCUT2D eigenvalue weighted by Crippen LogP contribution is -2.10. The summed E-state index contributed by atoms with van der Waals surface area (Å²) in [5.74, 6) is 0. The van der Waals surface area contributed by atoms with Crippen LogP contribution in [-0.2, 0) is 6.54 Å². The van der Waals surface area contributed by atoms with E-state index in [4.69, 9.17) is 0 Å². The predicted molar refractivity (Wildman–Crippen MR) is 83.9 cm³/mol. The zero-order chi connectivity index (χ0) is 14.1. The highest BCUT2D eigenvalue weighted by atomic mass is 79.9. The molecule has 4 nitrogen and oxygen atoms in total. The molecule has 1 N–H and O–H groups in total. The minimum absolute atomic E-state index is 0.725. The Bertz CT molecular complexity index is 737. The van der Waals surface area contributed by atoms with Gasteiger partial charge in [0.2, 0.25) is 0 Å². The average molecular weight is 352 g/mol. The van der Waals surface area contributed by atoms with Gasteiger partial charge in [-0.1, -0.05) is 6.92 Å². The van der Waals surface area contributed by atoms with E-state index in [1.165, 1.54) is 0 Å². The second kappa shape index (κ2) is 5.63. The maximum Gasteiger partial charge on any atom is 0.123 e. The van der Waals surface area contributed by atoms with Crippen LogP contribution in [0.3, 0.4) is 0 Å². The predicted octanol–water partition coefficient (Wildman–Crippen LogP) is 3.75. The van der Waals surface area contributed by atoms with E-state index in [0.717, 1.165) is 38.9 Å². The van der Waals surface area contributed by atoms with Crippen LogP contribution >= 0.6 is 27.3 Å². The van der Waals surface area contributed by atoms with Gasteiger partial charge in [-0.3, -0.25) is 9.67 Å². The second-order valence-corrected chi connectivity index (χ2v) is 6.38. The number of fused-ring (bicyclic) bond motifs is 1. The first kappa shape index (κ1) is 13.7. The summed E-state index contributed by atoms with van der Waals surface area (Å²) in [7, 11) is 0. The lowest BCUT2D eigenvalue weighted by molar-refractivity contribution is 0.206. The van der Waals surface area contributed by atoms with Gasteiger partial charge in [-0.2, -0.15) is 5.10 Å². The van der Waals surface area contributed by atoms with E-state index in [-0.39, 0.29) is 0 Å². The van der Waals surface area contributed by atoms with Gasteiger partial charge in [0.15, 0.2) is 0 Å². The number of halogens is 1. The van der Waals surface area contributed by atoms with Crippen LogP contribution in [0.4, 0.5) is 0 Å². The highest BCUT2D eigenvalue weighted by Gasteiger charge is 2.20. The molecule has 3 heterocycles. The first-order valence-electron chi connectivity index (χ1n) is 6.43. The van der Waals surface area contributed by atoms with E-state index in [1.54, 1.807) is 23.7 Å². The van der Waals surface area contributed by atoms with Gasteiger partial charge in [-0.15, -0.1) is 11.3 Å². The molecule has 0 radical (unpaired) electrons. The molecular weight excluding hydrogens is 338 g/mol. The van der Waals surface area contributed by atoms with Crippen molar-refractivity contribution in [2.45, 2.75) is 26.0 Å². The number of aryl methyl sites for hydroxylation is 1. The van der Waals surface area contributed by atoms with Crippen LogP contribution in [0.5, 0.6) is 0 Å². The highest BCUT2D eigenvalue weighted by Crippen LogP contribution is 2.30. The fourth-order valence-corrected chi connectivity index (χ4v) is 3.51. The topological polar surface area (TPSA) is 50.9 Å². The third-order valence-electron chi connectivity index (χ3n) is 3.17. The molecule has 0 saturated heterocycles. The smallest absolute Gasteiger partial charge is 0.123 e. The van der Waals surface area contributed by atoms with E-state index in [9.17, 15) is 5.11 Å². The summed E-state index contributed by atoms with van der Waals surface area (Å²) in [6, 6.07) is 3.97. The fourth-order valence-electron chi connectivity index (χ4n) is 2.20. The number of pyridine rings is 1. The number of aliphatic hydroxyl groups excluding tert-OH is 1. The lowest BCUT2D eigenvalue weighted by Gasteiger charge is -2.14. The third kappa shape index (κ3) is 2.39. The molecule has 3 aromatic rings. The van der Waals surface area contributed by atoms with Crippen molar-refractivity contribution < 1.29 is 5.11 Å². The molecule has 0 bridgehead atoms. The normalized spacial score (nSPS) is 12.9. The van der Waals surface area contributed by atoms with Gasteiger partial charge in [0, 0.05) is 18.3 Å². The van der Waals surface area contributed by atoms with Gasteiger partial charge in [0.1, 0.15) is 6.10 Å². The van der Waals surface area contributed by atoms with Crippen LogP contribution in [-0.4, -0.2) is 19.9 Å². The monoisotopic (exact) mass is 351 g/mol. The Morgan fingerprint density at radius 3 is 3.10 bits per heavy atom. The molecular formula is C14H14BrN3OS. The van der Waals surface area contributed by atoms with E-state index < -0.39 is 6.10 Å². The van der Waals surface area contributed by atoms with Gasteiger partial charge in [0.05, 0.1) is 26.6 Å². The van der Waals surface area contributed by atoms with Gasteiger partial charge < -0.3 is 5.11 Å². The molecule has 1 unspecified atom stereocenters. The van der Waals surface area contributed by atoms with Crippen molar-refractivity contribution in [2.24, 2.45) is 0 Å². The maximum absolute atomic E-state index is 10.6. The minimum atomic E-state index is -0.725. The van der Waals surface area contributed by atoms with Crippen LogP contribution in [0.2, 0.25) is 0 Å². The molecule has 0 aliphatic rings. The fraction of sp³-hybridized carbons (Fsp3) is 0.286. The Morgan fingerprint density at radius 1 is 1.45 bits per heavy atom. The lowest BCUT2D eigenvalue weighted by atomic mass is 10.1. The molecule has 0 saturated carbocycles. The van der Waals surface area contributed by atoms with E-state index in [0.29, 0.717) is 0 Å². The van der Waals surface area contributed by atoms with Gasteiger partial charge in [-0.25, -0.2) is 0 Å². The molecule has 0 aliphatic carbocycles. The van der Waals surface area contributed by atoms with Crippen molar-refractivity contribution in [2.75, 3.05) is 0 Å². The van der Waals surface area contributed by atoms with Gasteiger partial charge >= 0.3 is 0 Å². The van der Waals surface area contributed by atoms with Crippen molar-refractivity contribution in [1.82, 2.24) is 14.8 Å². The van der Waals surface area contributed by atoms with Gasteiger partial charge in [0.25, 0.3) is 0 Å². The molecule has 1 atom stereocenters. The number of hydrogen-bond donors (Lipinski definition) is 1. The third-order valence-corrected chi connectivity index (χ3v) is 4.63. The largest absolute Gasteiger partial charge is 0.382 e. The molecule has 0 fully saturated rings. The summed E-state index contributed by atoms with van der Waals surface area (Å²) in [6.07, 6.45) is 3.70. The number of thiophene rings is 1. The number of aromatic nitrogens is 3. The average Bonchev–Trinajstić information content (AvgIpc) is 3.04. The Morgan fingerprint density at radius 2 is 2.30 bits per heavy atom. The molecule has 0 aliphatic heterocycles. The maximum atomic E-state index is 10.6. The summed E-state index contributed by atoms with van der Waals surface area (Å²) in [5, 5.41) is 16.9. The van der Waals surface area contributed by atoms with E-state index in [2.05, 4.69) is 32.9 Å². The molecule has 104 valence electrons. The Labute approximate surface area is 129 Å². The van der Waals surface area contributed by atoms with Crippen LogP contribution in [0, 0.1) is 0 Å². The first-order valence-corrected chi connectivity index (χ1v) is 8.10. The Hall–Kier alpha value is -1.24. The summed E-state index contributed by atoms with van der Waals surface area (Å²) in [5.41, 5.74) is 2.54. The second-order valence-electron chi connectivity index (χ2n) is 4.58. The molecule has 20 heavy (non-hydrogen) atoms. The quantitative estimate of drug-likeness (QED) is 0.778. The molecule has 3 rings (SSSR count). The van der Waals surface area contributed by atoms with E-state index >= 15 is 0 Å². The molecule has 0 amide bonds. The summed E-state index contributed by atoms with van der Waals surface area (Å²) in [6.45, 7) is 2.87. The molecule has 0 aromatic carbocycles. The number of rotatable bonds is 4. The van der Waals surface area contributed by atoms with Crippen LogP contribution < -0.4 is 0 Å². The first-order chi connectivity index (χ1) is 9.70. The van der Waals surface area contributed by atoms with E-state index in [1.807, 2.05) is 22.2 Å². The molecule has 6 heteroatoms. The highest BCUT2D eigenvalue weighted by molar-refractivity contribution is 9.10. The van der Waals surface area contributed by atoms with Crippen molar-refractivity contribution in [1.29, 1.82) is 0 Å². The van der Waals surface area contributed by atoms with Crippen LogP contribution in [0.15, 0.2) is 34.4 Å². The zero-order valence-corrected chi connectivity index (χ0v) is 13.4. The van der Waals surface area contributed by atoms with Gasteiger partial charge in [-0.05, 0) is 39.9 Å². The SMILES string of the molecule is CCCn1ncc(Br)c1C(O)c1cnc2ccsc2c1. The number of hydrogen-bond acceptors (Lipinski definition) is 4. The number of nitrogens with zero attached hydrogens (tertiary/aromatic N) is 3. The molecule has 3 aromatic heterocycles.